The number of aromatic nitrogens is 2. The highest BCUT2D eigenvalue weighted by Crippen LogP contribution is 2.21. The molecule has 1 aliphatic heterocycles. The summed E-state index contributed by atoms with van der Waals surface area (Å²) in [4.78, 5) is 4.33. The number of aliphatic hydroxyl groups excluding tert-OH is 1. The van der Waals surface area contributed by atoms with Gasteiger partial charge in [0.1, 0.15) is 5.82 Å². The lowest BCUT2D eigenvalue weighted by Crippen LogP contribution is -2.44. The van der Waals surface area contributed by atoms with Gasteiger partial charge in [0.25, 0.3) is 0 Å². The second kappa shape index (κ2) is 6.12. The van der Waals surface area contributed by atoms with Crippen molar-refractivity contribution in [3.05, 3.63) is 29.8 Å². The van der Waals surface area contributed by atoms with E-state index in [9.17, 15) is 9.50 Å². The summed E-state index contributed by atoms with van der Waals surface area (Å²) in [5.41, 5.74) is 2.37. The van der Waals surface area contributed by atoms with Crippen LogP contribution >= 0.6 is 0 Å². The van der Waals surface area contributed by atoms with Gasteiger partial charge in [0.15, 0.2) is 0 Å². The number of nitrogens with one attached hydrogen (secondary N) is 1. The molecular formula is C16H22FN3O. The number of halogens is 1. The predicted molar refractivity (Wildman–Crippen MR) is 80.7 cm³/mol. The molecule has 0 bridgehead atoms. The van der Waals surface area contributed by atoms with Crippen molar-refractivity contribution in [2.24, 2.45) is 0 Å². The normalized spacial score (nSPS) is 22.8. The number of hydrogen-bond donors (Lipinski definition) is 2. The maximum absolute atomic E-state index is 13.7. The lowest BCUT2D eigenvalue weighted by molar-refractivity contribution is 0.0909. The van der Waals surface area contributed by atoms with E-state index in [-0.39, 0.29) is 18.0 Å². The topological polar surface area (TPSA) is 50.1 Å². The molecule has 1 fully saturated rings. The third-order valence-corrected chi connectivity index (χ3v) is 4.43. The summed E-state index contributed by atoms with van der Waals surface area (Å²) in [5.74, 6) is -0.186. The van der Waals surface area contributed by atoms with Gasteiger partial charge in [0.2, 0.25) is 0 Å². The van der Waals surface area contributed by atoms with Gasteiger partial charge >= 0.3 is 0 Å². The zero-order valence-corrected chi connectivity index (χ0v) is 12.3. The third-order valence-electron chi connectivity index (χ3n) is 4.43. The van der Waals surface area contributed by atoms with Gasteiger partial charge in [-0.25, -0.2) is 9.37 Å². The first kappa shape index (κ1) is 14.5. The van der Waals surface area contributed by atoms with Crippen LogP contribution < -0.4 is 5.32 Å². The second-order valence-corrected chi connectivity index (χ2v) is 5.89. The molecule has 0 amide bonds. The Morgan fingerprint density at radius 3 is 3.14 bits per heavy atom. The van der Waals surface area contributed by atoms with Crippen LogP contribution in [0.25, 0.3) is 11.0 Å². The maximum Gasteiger partial charge on any atom is 0.128 e. The summed E-state index contributed by atoms with van der Waals surface area (Å²) >= 11 is 0. The quantitative estimate of drug-likeness (QED) is 0.909. The molecular weight excluding hydrogens is 269 g/mol. The number of hydrogen-bond acceptors (Lipinski definition) is 3. The van der Waals surface area contributed by atoms with Crippen molar-refractivity contribution < 1.29 is 9.50 Å². The van der Waals surface area contributed by atoms with E-state index in [2.05, 4.69) is 10.3 Å². The minimum atomic E-state index is -0.238. The number of nitrogens with zero attached hydrogens (tertiary/aromatic N) is 2. The molecule has 21 heavy (non-hydrogen) atoms. The molecule has 1 saturated heterocycles. The van der Waals surface area contributed by atoms with Crippen LogP contribution in [0.15, 0.2) is 18.5 Å². The van der Waals surface area contributed by atoms with E-state index in [4.69, 9.17) is 0 Å². The van der Waals surface area contributed by atoms with Gasteiger partial charge in [-0.15, -0.1) is 0 Å². The summed E-state index contributed by atoms with van der Waals surface area (Å²) in [6, 6.07) is 3.38. The van der Waals surface area contributed by atoms with Gasteiger partial charge in [0, 0.05) is 18.2 Å². The van der Waals surface area contributed by atoms with Crippen molar-refractivity contribution in [1.82, 2.24) is 14.9 Å². The number of fused-ring (bicyclic) bond motifs is 1. The van der Waals surface area contributed by atoms with E-state index >= 15 is 0 Å². The zero-order valence-electron chi connectivity index (χ0n) is 12.3. The molecule has 2 heterocycles. The smallest absolute Gasteiger partial charge is 0.128 e. The molecule has 0 spiro atoms. The molecule has 0 unspecified atom stereocenters. The van der Waals surface area contributed by atoms with Crippen LogP contribution in [0.4, 0.5) is 4.39 Å². The number of benzene rings is 1. The molecule has 5 heteroatoms. The summed E-state index contributed by atoms with van der Waals surface area (Å²) < 4.78 is 15.7. The lowest BCUT2D eigenvalue weighted by atomic mass is 9.97. The highest BCUT2D eigenvalue weighted by Gasteiger charge is 2.21. The Hall–Kier alpha value is -1.46. The van der Waals surface area contributed by atoms with Crippen molar-refractivity contribution in [2.75, 3.05) is 6.54 Å². The van der Waals surface area contributed by atoms with E-state index in [1.54, 1.807) is 19.3 Å². The molecule has 1 aromatic heterocycles. The number of aliphatic hydroxyl groups is 1. The van der Waals surface area contributed by atoms with Crippen LogP contribution in [-0.4, -0.2) is 33.3 Å². The molecule has 1 aliphatic rings. The van der Waals surface area contributed by atoms with Gasteiger partial charge in [-0.3, -0.25) is 0 Å². The Labute approximate surface area is 124 Å². The lowest BCUT2D eigenvalue weighted by Gasteiger charge is -2.29. The van der Waals surface area contributed by atoms with Crippen LogP contribution in [0.3, 0.4) is 0 Å². The standard InChI is InChI=1S/C16H22FN3O/c1-11-12(17)6-7-14-16(11)20(10-19-14)9-3-4-13-15(21)5-2-8-18-13/h6-7,10,13,15,18,21H,2-5,8-9H2,1H3/t13-,15+/m1/s1. The van der Waals surface area contributed by atoms with Crippen LogP contribution in [0, 0.1) is 12.7 Å². The first-order valence-electron chi connectivity index (χ1n) is 7.68. The van der Waals surface area contributed by atoms with Gasteiger partial charge < -0.3 is 15.0 Å². The van der Waals surface area contributed by atoms with Crippen LogP contribution in [0.1, 0.15) is 31.2 Å². The molecule has 0 saturated carbocycles. The maximum atomic E-state index is 13.7. The van der Waals surface area contributed by atoms with Crippen molar-refractivity contribution in [3.8, 4) is 0 Å². The summed E-state index contributed by atoms with van der Waals surface area (Å²) in [7, 11) is 0. The largest absolute Gasteiger partial charge is 0.392 e. The average molecular weight is 291 g/mol. The minimum absolute atomic E-state index is 0.186. The molecule has 114 valence electrons. The van der Waals surface area contributed by atoms with Crippen molar-refractivity contribution >= 4 is 11.0 Å². The first-order chi connectivity index (χ1) is 10.2. The van der Waals surface area contributed by atoms with Gasteiger partial charge in [0.05, 0.1) is 23.5 Å². The number of rotatable bonds is 4. The van der Waals surface area contributed by atoms with Crippen molar-refractivity contribution in [3.63, 3.8) is 0 Å². The highest BCUT2D eigenvalue weighted by molar-refractivity contribution is 5.79. The molecule has 0 radical (unpaired) electrons. The van der Waals surface area contributed by atoms with E-state index in [0.29, 0.717) is 5.56 Å². The Balaban J connectivity index is 1.67. The number of piperidine rings is 1. The first-order valence-corrected chi connectivity index (χ1v) is 7.68. The molecule has 2 atom stereocenters. The summed E-state index contributed by atoms with van der Waals surface area (Å²) in [5, 5.41) is 13.3. The predicted octanol–water partition coefficient (Wildman–Crippen LogP) is 2.38. The fraction of sp³-hybridized carbons (Fsp3) is 0.562. The van der Waals surface area contributed by atoms with E-state index in [0.717, 1.165) is 49.8 Å². The Morgan fingerprint density at radius 2 is 2.33 bits per heavy atom. The molecule has 0 aliphatic carbocycles. The second-order valence-electron chi connectivity index (χ2n) is 5.89. The summed E-state index contributed by atoms with van der Waals surface area (Å²) in [6.45, 7) is 3.58. The van der Waals surface area contributed by atoms with Crippen molar-refractivity contribution in [1.29, 1.82) is 0 Å². The van der Waals surface area contributed by atoms with Crippen LogP contribution in [0.5, 0.6) is 0 Å². The number of aryl methyl sites for hydroxylation is 2. The molecule has 3 rings (SSSR count). The summed E-state index contributed by atoms with van der Waals surface area (Å²) in [6.07, 6.45) is 5.34. The van der Waals surface area contributed by atoms with Gasteiger partial charge in [-0.1, -0.05) is 0 Å². The fourth-order valence-corrected chi connectivity index (χ4v) is 3.20. The van der Waals surface area contributed by atoms with Gasteiger partial charge in [-0.2, -0.15) is 0 Å². The molecule has 2 N–H and O–H groups in total. The monoisotopic (exact) mass is 291 g/mol. The van der Waals surface area contributed by atoms with Crippen LogP contribution in [0.2, 0.25) is 0 Å². The average Bonchev–Trinajstić information content (AvgIpc) is 2.89. The molecule has 2 aromatic rings. The molecule has 4 nitrogen and oxygen atoms in total. The van der Waals surface area contributed by atoms with E-state index in [1.807, 2.05) is 4.57 Å². The van der Waals surface area contributed by atoms with Gasteiger partial charge in [-0.05, 0) is 51.3 Å². The zero-order chi connectivity index (χ0) is 14.8. The Morgan fingerprint density at radius 1 is 1.48 bits per heavy atom. The minimum Gasteiger partial charge on any atom is -0.392 e. The Kier molecular flexibility index (Phi) is 4.22. The van der Waals surface area contributed by atoms with E-state index in [1.165, 1.54) is 6.07 Å². The Bertz CT molecular complexity index is 625. The van der Waals surface area contributed by atoms with E-state index < -0.39 is 0 Å². The highest BCUT2D eigenvalue weighted by atomic mass is 19.1. The van der Waals surface area contributed by atoms with Crippen LogP contribution in [-0.2, 0) is 6.54 Å². The third kappa shape index (κ3) is 2.94. The molecule has 1 aromatic carbocycles. The SMILES string of the molecule is Cc1c(F)ccc2ncn(CCC[C@H]3NCCC[C@@H]3O)c12. The fourth-order valence-electron chi connectivity index (χ4n) is 3.20. The van der Waals surface area contributed by atoms with Crippen molar-refractivity contribution in [2.45, 2.75) is 51.3 Å². The number of imidazole rings is 1.